The number of carbonyl (C=O) groups is 1. The topological polar surface area (TPSA) is 101 Å². The summed E-state index contributed by atoms with van der Waals surface area (Å²) in [5.41, 5.74) is -1.65. The molecule has 0 radical (unpaired) electrons. The summed E-state index contributed by atoms with van der Waals surface area (Å²) in [7, 11) is 0. The molecule has 1 spiro atoms. The van der Waals surface area contributed by atoms with Crippen molar-refractivity contribution in [1.82, 2.24) is 5.32 Å². The molecule has 2 fully saturated rings. The van der Waals surface area contributed by atoms with E-state index in [0.717, 1.165) is 0 Å². The zero-order valence-electron chi connectivity index (χ0n) is 15.6. The van der Waals surface area contributed by atoms with Gasteiger partial charge in [0.25, 0.3) is 0 Å². The van der Waals surface area contributed by atoms with E-state index in [4.69, 9.17) is 29.7 Å². The number of nitrogens with one attached hydrogen (secondary N) is 1. The van der Waals surface area contributed by atoms with Gasteiger partial charge in [-0.15, -0.1) is 0 Å². The number of ether oxygens (including phenoxy) is 4. The van der Waals surface area contributed by atoms with Gasteiger partial charge in [0.05, 0.1) is 26.4 Å². The SMILES string of the molecule is CC/C=C(/ON)C1(NC(=O)OC(C)(C)C)COC2(CCOCC2)OC1. The molecule has 2 aliphatic rings. The fourth-order valence-corrected chi connectivity index (χ4v) is 2.88. The van der Waals surface area contributed by atoms with Gasteiger partial charge in [-0.25, -0.2) is 4.79 Å². The first-order valence-corrected chi connectivity index (χ1v) is 8.68. The second kappa shape index (κ2) is 7.90. The summed E-state index contributed by atoms with van der Waals surface area (Å²) in [6.45, 7) is 8.86. The van der Waals surface area contributed by atoms with Gasteiger partial charge in [-0.2, -0.15) is 5.90 Å². The average molecular weight is 358 g/mol. The third kappa shape index (κ3) is 5.07. The zero-order valence-corrected chi connectivity index (χ0v) is 15.6. The van der Waals surface area contributed by atoms with Crippen LogP contribution in [0.25, 0.3) is 0 Å². The van der Waals surface area contributed by atoms with Gasteiger partial charge in [0, 0.05) is 12.8 Å². The molecule has 0 aromatic heterocycles. The Hall–Kier alpha value is -1.35. The van der Waals surface area contributed by atoms with Crippen molar-refractivity contribution in [3.63, 3.8) is 0 Å². The summed E-state index contributed by atoms with van der Waals surface area (Å²) >= 11 is 0. The first-order valence-electron chi connectivity index (χ1n) is 8.68. The van der Waals surface area contributed by atoms with E-state index in [2.05, 4.69) is 5.32 Å². The maximum Gasteiger partial charge on any atom is 0.408 e. The number of amides is 1. The van der Waals surface area contributed by atoms with Gasteiger partial charge in [0.15, 0.2) is 5.79 Å². The van der Waals surface area contributed by atoms with Crippen molar-refractivity contribution in [1.29, 1.82) is 0 Å². The first-order chi connectivity index (χ1) is 11.7. The number of rotatable bonds is 4. The van der Waals surface area contributed by atoms with Crippen molar-refractivity contribution in [3.8, 4) is 0 Å². The first kappa shape index (κ1) is 20.0. The molecule has 8 nitrogen and oxygen atoms in total. The van der Waals surface area contributed by atoms with Crippen molar-refractivity contribution in [2.75, 3.05) is 26.4 Å². The van der Waals surface area contributed by atoms with Crippen molar-refractivity contribution in [2.45, 2.75) is 63.9 Å². The Balaban J connectivity index is 2.17. The summed E-state index contributed by atoms with van der Waals surface area (Å²) in [5, 5.41) is 2.83. The summed E-state index contributed by atoms with van der Waals surface area (Å²) in [6, 6.07) is 0. The molecular weight excluding hydrogens is 328 g/mol. The van der Waals surface area contributed by atoms with E-state index in [1.807, 2.05) is 6.92 Å². The quantitative estimate of drug-likeness (QED) is 0.585. The van der Waals surface area contributed by atoms with Crippen molar-refractivity contribution < 1.29 is 28.6 Å². The summed E-state index contributed by atoms with van der Waals surface area (Å²) in [5.74, 6) is 5.17. The highest BCUT2D eigenvalue weighted by Gasteiger charge is 2.50. The Morgan fingerprint density at radius 2 is 1.84 bits per heavy atom. The number of hydrogen-bond acceptors (Lipinski definition) is 7. The summed E-state index contributed by atoms with van der Waals surface area (Å²) in [6.07, 6.45) is 3.19. The van der Waals surface area contributed by atoms with E-state index in [-0.39, 0.29) is 13.2 Å². The molecule has 2 rings (SSSR count). The second-order valence-corrected chi connectivity index (χ2v) is 7.40. The van der Waals surface area contributed by atoms with Crippen LogP contribution in [0.15, 0.2) is 11.8 Å². The van der Waals surface area contributed by atoms with Gasteiger partial charge in [-0.3, -0.25) is 0 Å². The van der Waals surface area contributed by atoms with Crippen LogP contribution < -0.4 is 11.2 Å². The number of hydrogen-bond donors (Lipinski definition) is 2. The van der Waals surface area contributed by atoms with Crippen LogP contribution in [0.5, 0.6) is 0 Å². The van der Waals surface area contributed by atoms with Gasteiger partial charge < -0.3 is 29.1 Å². The molecule has 8 heteroatoms. The van der Waals surface area contributed by atoms with Gasteiger partial charge in [0.2, 0.25) is 0 Å². The van der Waals surface area contributed by atoms with Crippen LogP contribution in [-0.2, 0) is 23.8 Å². The number of carbonyl (C=O) groups excluding carboxylic acids is 1. The predicted octanol–water partition coefficient (Wildman–Crippen LogP) is 1.99. The van der Waals surface area contributed by atoms with Crippen LogP contribution >= 0.6 is 0 Å². The third-order valence-electron chi connectivity index (χ3n) is 4.15. The van der Waals surface area contributed by atoms with Crippen LogP contribution in [-0.4, -0.2) is 49.4 Å². The molecule has 1 amide bonds. The maximum atomic E-state index is 12.3. The molecule has 25 heavy (non-hydrogen) atoms. The molecule has 0 bridgehead atoms. The standard InChI is InChI=1S/C17H30N2O6/c1-5-6-13(25-18)16(19-14(20)24-15(2,3)4)11-22-17(23-12-16)7-9-21-10-8-17/h6H,5,7-12,18H2,1-4H3,(H,19,20)/b13-6+. The van der Waals surface area contributed by atoms with Gasteiger partial charge in [-0.1, -0.05) is 6.92 Å². The van der Waals surface area contributed by atoms with E-state index in [1.165, 1.54) is 0 Å². The Bertz CT molecular complexity index is 484. The Morgan fingerprint density at radius 3 is 2.32 bits per heavy atom. The minimum Gasteiger partial charge on any atom is -0.444 e. The molecular formula is C17H30N2O6. The van der Waals surface area contributed by atoms with E-state index < -0.39 is 23.0 Å². The molecule has 0 aromatic rings. The van der Waals surface area contributed by atoms with E-state index in [0.29, 0.717) is 38.2 Å². The van der Waals surface area contributed by atoms with Crippen LogP contribution in [0, 0.1) is 0 Å². The maximum absolute atomic E-state index is 12.3. The molecule has 144 valence electrons. The molecule has 0 atom stereocenters. The molecule has 2 heterocycles. The second-order valence-electron chi connectivity index (χ2n) is 7.40. The lowest BCUT2D eigenvalue weighted by molar-refractivity contribution is -0.312. The Kier molecular flexibility index (Phi) is 6.31. The van der Waals surface area contributed by atoms with Gasteiger partial charge >= 0.3 is 6.09 Å². The largest absolute Gasteiger partial charge is 0.444 e. The number of alkyl carbamates (subject to hydrolysis) is 1. The molecule has 2 saturated heterocycles. The smallest absolute Gasteiger partial charge is 0.408 e. The summed E-state index contributed by atoms with van der Waals surface area (Å²) < 4.78 is 22.8. The molecule has 0 unspecified atom stereocenters. The number of nitrogens with two attached hydrogens (primary N) is 1. The summed E-state index contributed by atoms with van der Waals surface area (Å²) in [4.78, 5) is 17.4. The fraction of sp³-hybridized carbons (Fsp3) is 0.824. The van der Waals surface area contributed by atoms with E-state index in [9.17, 15) is 4.79 Å². The Morgan fingerprint density at radius 1 is 1.24 bits per heavy atom. The minimum atomic E-state index is -1.03. The van der Waals surface area contributed by atoms with E-state index >= 15 is 0 Å². The lowest BCUT2D eigenvalue weighted by Crippen LogP contribution is -2.64. The van der Waals surface area contributed by atoms with Gasteiger partial charge in [0.1, 0.15) is 16.9 Å². The minimum absolute atomic E-state index is 0.176. The lowest BCUT2D eigenvalue weighted by atomic mass is 9.95. The van der Waals surface area contributed by atoms with Crippen LogP contribution in [0.2, 0.25) is 0 Å². The molecule has 0 saturated carbocycles. The fourth-order valence-electron chi connectivity index (χ4n) is 2.88. The lowest BCUT2D eigenvalue weighted by Gasteiger charge is -2.47. The molecule has 0 aliphatic carbocycles. The zero-order chi connectivity index (χ0) is 18.6. The third-order valence-corrected chi connectivity index (χ3v) is 4.15. The highest BCUT2D eigenvalue weighted by Crippen LogP contribution is 2.35. The van der Waals surface area contributed by atoms with E-state index in [1.54, 1.807) is 26.8 Å². The van der Waals surface area contributed by atoms with Crippen LogP contribution in [0.3, 0.4) is 0 Å². The normalized spacial score (nSPS) is 23.2. The number of allylic oxidation sites excluding steroid dienone is 1. The predicted molar refractivity (Wildman–Crippen MR) is 90.4 cm³/mol. The highest BCUT2D eigenvalue weighted by atomic mass is 16.7. The van der Waals surface area contributed by atoms with Crippen LogP contribution in [0.1, 0.15) is 47.0 Å². The monoisotopic (exact) mass is 358 g/mol. The molecule has 0 aromatic carbocycles. The van der Waals surface area contributed by atoms with Gasteiger partial charge in [-0.05, 0) is 33.3 Å². The molecule has 3 N–H and O–H groups in total. The molecule has 2 aliphatic heterocycles. The van der Waals surface area contributed by atoms with Crippen LogP contribution in [0.4, 0.5) is 4.79 Å². The highest BCUT2D eigenvalue weighted by molar-refractivity contribution is 5.69. The van der Waals surface area contributed by atoms with Crippen molar-refractivity contribution in [3.05, 3.63) is 11.8 Å². The Labute approximate surface area is 148 Å². The van der Waals surface area contributed by atoms with Crippen molar-refractivity contribution in [2.24, 2.45) is 5.90 Å². The van der Waals surface area contributed by atoms with Crippen molar-refractivity contribution >= 4 is 6.09 Å². The average Bonchev–Trinajstić information content (AvgIpc) is 2.54.